The van der Waals surface area contributed by atoms with E-state index < -0.39 is 17.7 Å². The van der Waals surface area contributed by atoms with Gasteiger partial charge in [0.15, 0.2) is 10.1 Å². The van der Waals surface area contributed by atoms with Crippen LogP contribution in [-0.4, -0.2) is 43.0 Å². The molecule has 1 aliphatic rings. The number of fused-ring (bicyclic) bond motifs is 1. The average molecular weight is 646 g/mol. The number of carbonyl (C=O) groups is 2. The van der Waals surface area contributed by atoms with Crippen LogP contribution in [0.15, 0.2) is 82.8 Å². The molecular weight excluding hydrogens is 618 g/mol. The number of thioether (sulfide) groups is 1. The van der Waals surface area contributed by atoms with Crippen molar-refractivity contribution in [3.8, 4) is 5.75 Å². The number of anilines is 1. The number of aromatic nitrogens is 4. The zero-order valence-electron chi connectivity index (χ0n) is 23.9. The predicted molar refractivity (Wildman–Crippen MR) is 172 cm³/mol. The number of hydrogen-bond donors (Lipinski definition) is 1. The Labute approximate surface area is 267 Å². The normalized spacial score (nSPS) is 16.2. The number of carbonyl (C=O) groups excluding carboxylic acids is 2. The van der Waals surface area contributed by atoms with Crippen LogP contribution in [-0.2, 0) is 15.3 Å². The van der Waals surface area contributed by atoms with E-state index in [9.17, 15) is 14.7 Å². The molecule has 0 spiro atoms. The first-order chi connectivity index (χ1) is 21.4. The van der Waals surface area contributed by atoms with Gasteiger partial charge in [0.05, 0.1) is 23.9 Å². The Kier molecular flexibility index (Phi) is 8.69. The van der Waals surface area contributed by atoms with E-state index in [4.69, 9.17) is 16.3 Å². The summed E-state index contributed by atoms with van der Waals surface area (Å²) in [6.45, 7) is 4.43. The molecule has 224 valence electrons. The zero-order chi connectivity index (χ0) is 30.8. The van der Waals surface area contributed by atoms with Gasteiger partial charge in [-0.25, -0.2) is 4.98 Å². The number of amides is 1. The van der Waals surface area contributed by atoms with Crippen molar-refractivity contribution in [2.75, 3.05) is 11.5 Å². The van der Waals surface area contributed by atoms with Gasteiger partial charge in [0.1, 0.15) is 17.1 Å². The number of unbranched alkanes of at least 4 members (excludes halogenated alkanes) is 1. The molecule has 0 bridgehead atoms. The van der Waals surface area contributed by atoms with Gasteiger partial charge in [-0.15, -0.1) is 10.2 Å². The highest BCUT2D eigenvalue weighted by Gasteiger charge is 2.49. The molecule has 3 aromatic heterocycles. The lowest BCUT2D eigenvalue weighted by Crippen LogP contribution is -2.29. The number of hydrogen-bond acceptors (Lipinski definition) is 9. The van der Waals surface area contributed by atoms with E-state index in [0.717, 1.165) is 18.4 Å². The Morgan fingerprint density at radius 3 is 2.61 bits per heavy atom. The predicted octanol–water partition coefficient (Wildman–Crippen LogP) is 7.25. The lowest BCUT2D eigenvalue weighted by Gasteiger charge is -2.22. The molecule has 1 atom stereocenters. The molecule has 1 unspecified atom stereocenters. The van der Waals surface area contributed by atoms with Gasteiger partial charge in [-0.2, -0.15) is 0 Å². The lowest BCUT2D eigenvalue weighted by atomic mass is 9.96. The summed E-state index contributed by atoms with van der Waals surface area (Å²) in [4.78, 5) is 33.3. The second kappa shape index (κ2) is 12.8. The molecule has 44 heavy (non-hydrogen) atoms. The summed E-state index contributed by atoms with van der Waals surface area (Å²) in [6.07, 6.45) is 3.69. The highest BCUT2D eigenvalue weighted by Crippen LogP contribution is 2.44. The second-order valence-electron chi connectivity index (χ2n) is 10.1. The molecule has 1 aliphatic heterocycles. The monoisotopic (exact) mass is 645 g/mol. The number of rotatable bonds is 10. The maximum Gasteiger partial charge on any atom is 0.301 e. The van der Waals surface area contributed by atoms with Gasteiger partial charge >= 0.3 is 5.91 Å². The number of pyridine rings is 1. The minimum Gasteiger partial charge on any atom is -0.505 e. The standard InChI is InChI=1S/C32H28ClN5O4S2/c1-3-4-17-42-22-14-12-20(13-15-22)27-25(28(39)26-19(2)34-24-11-7-8-16-37(24)26)29(40)30(41)38(27)31-35-36-32(44-31)43-18-21-9-5-6-10-23(21)33/h5-16,27,39H,3-4,17-18H2,1-2H3/b28-25+. The van der Waals surface area contributed by atoms with E-state index in [0.29, 0.717) is 50.1 Å². The molecule has 9 nitrogen and oxygen atoms in total. The molecule has 2 aromatic carbocycles. The lowest BCUT2D eigenvalue weighted by molar-refractivity contribution is -0.132. The number of ketones is 1. The Hall–Kier alpha value is -4.19. The molecule has 1 N–H and O–H groups in total. The molecule has 1 fully saturated rings. The number of imidazole rings is 1. The third-order valence-corrected chi connectivity index (χ3v) is 9.72. The summed E-state index contributed by atoms with van der Waals surface area (Å²) in [5, 5.41) is 21.3. The third kappa shape index (κ3) is 5.70. The second-order valence-corrected chi connectivity index (χ2v) is 12.7. The average Bonchev–Trinajstić information content (AvgIpc) is 3.70. The summed E-state index contributed by atoms with van der Waals surface area (Å²) < 4.78 is 8.15. The van der Waals surface area contributed by atoms with E-state index in [1.807, 2.05) is 30.3 Å². The fraction of sp³-hybridized carbons (Fsp3) is 0.219. The molecule has 0 saturated carbocycles. The van der Waals surface area contributed by atoms with Gasteiger partial charge in [-0.1, -0.05) is 84.4 Å². The van der Waals surface area contributed by atoms with Crippen LogP contribution < -0.4 is 9.64 Å². The van der Waals surface area contributed by atoms with Gasteiger partial charge in [0.25, 0.3) is 5.78 Å². The van der Waals surface area contributed by atoms with Crippen LogP contribution >= 0.6 is 34.7 Å². The number of nitrogens with zero attached hydrogens (tertiary/aromatic N) is 5. The number of Topliss-reactive ketones (excluding diaryl/α,β-unsaturated/α-hetero) is 1. The Balaban J connectivity index is 1.41. The third-order valence-electron chi connectivity index (χ3n) is 7.25. The van der Waals surface area contributed by atoms with Crippen molar-refractivity contribution in [1.82, 2.24) is 19.6 Å². The maximum atomic E-state index is 13.7. The Bertz CT molecular complexity index is 1890. The highest BCUT2D eigenvalue weighted by molar-refractivity contribution is 8.00. The zero-order valence-corrected chi connectivity index (χ0v) is 26.3. The summed E-state index contributed by atoms with van der Waals surface area (Å²) in [5.74, 6) is -0.699. The van der Waals surface area contributed by atoms with Crippen LogP contribution in [0, 0.1) is 6.92 Å². The van der Waals surface area contributed by atoms with Gasteiger partial charge in [0.2, 0.25) is 5.13 Å². The number of ether oxygens (including phenoxy) is 1. The van der Waals surface area contributed by atoms with Crippen molar-refractivity contribution < 1.29 is 19.4 Å². The van der Waals surface area contributed by atoms with E-state index >= 15 is 0 Å². The van der Waals surface area contributed by atoms with Crippen molar-refractivity contribution in [3.05, 3.63) is 106 Å². The van der Waals surface area contributed by atoms with Crippen molar-refractivity contribution in [2.24, 2.45) is 0 Å². The van der Waals surface area contributed by atoms with Gasteiger partial charge in [-0.3, -0.25) is 18.9 Å². The first-order valence-corrected chi connectivity index (χ1v) is 16.2. The van der Waals surface area contributed by atoms with Crippen molar-refractivity contribution in [2.45, 2.75) is 42.8 Å². The quantitative estimate of drug-likeness (QED) is 0.0423. The van der Waals surface area contributed by atoms with Crippen LogP contribution in [0.2, 0.25) is 5.02 Å². The fourth-order valence-electron chi connectivity index (χ4n) is 5.07. The molecule has 1 saturated heterocycles. The smallest absolute Gasteiger partial charge is 0.301 e. The van der Waals surface area contributed by atoms with Crippen LogP contribution in [0.3, 0.4) is 0 Å². The summed E-state index contributed by atoms with van der Waals surface area (Å²) in [7, 11) is 0. The SMILES string of the molecule is CCCCOc1ccc(C2/C(=C(\O)c3c(C)nc4ccccn34)C(=O)C(=O)N2c2nnc(SCc3ccccc3Cl)s2)cc1. The minimum atomic E-state index is -0.956. The van der Waals surface area contributed by atoms with Crippen LogP contribution in [0.25, 0.3) is 11.4 Å². The van der Waals surface area contributed by atoms with E-state index in [-0.39, 0.29) is 16.5 Å². The van der Waals surface area contributed by atoms with Crippen molar-refractivity contribution >= 4 is 62.9 Å². The van der Waals surface area contributed by atoms with Crippen LogP contribution in [0.4, 0.5) is 5.13 Å². The Morgan fingerprint density at radius 2 is 1.84 bits per heavy atom. The number of aliphatic hydroxyl groups is 1. The van der Waals surface area contributed by atoms with Crippen molar-refractivity contribution in [3.63, 3.8) is 0 Å². The molecule has 5 aromatic rings. The number of aliphatic hydroxyl groups excluding tert-OH is 1. The molecular formula is C32H28ClN5O4S2. The summed E-state index contributed by atoms with van der Waals surface area (Å²) in [6, 6.07) is 19.2. The first-order valence-electron chi connectivity index (χ1n) is 14.0. The van der Waals surface area contributed by atoms with E-state index in [2.05, 4.69) is 22.1 Å². The largest absolute Gasteiger partial charge is 0.505 e. The molecule has 4 heterocycles. The van der Waals surface area contributed by atoms with Gasteiger partial charge in [0, 0.05) is 17.0 Å². The molecule has 1 amide bonds. The summed E-state index contributed by atoms with van der Waals surface area (Å²) in [5.41, 5.74) is 2.98. The molecule has 0 aliphatic carbocycles. The van der Waals surface area contributed by atoms with E-state index in [1.165, 1.54) is 28.0 Å². The highest BCUT2D eigenvalue weighted by atomic mass is 35.5. The van der Waals surface area contributed by atoms with E-state index in [1.54, 1.807) is 53.9 Å². The minimum absolute atomic E-state index is 0.0520. The van der Waals surface area contributed by atoms with Crippen LogP contribution in [0.1, 0.15) is 48.3 Å². The molecule has 0 radical (unpaired) electrons. The number of halogens is 1. The topological polar surface area (TPSA) is 110 Å². The first kappa shape index (κ1) is 29.9. The van der Waals surface area contributed by atoms with Gasteiger partial charge < -0.3 is 9.84 Å². The molecule has 6 rings (SSSR count). The fourth-order valence-corrected chi connectivity index (χ4v) is 7.22. The van der Waals surface area contributed by atoms with Crippen LogP contribution in [0.5, 0.6) is 5.75 Å². The van der Waals surface area contributed by atoms with Gasteiger partial charge in [-0.05, 0) is 54.8 Å². The number of benzene rings is 2. The summed E-state index contributed by atoms with van der Waals surface area (Å²) >= 11 is 8.95. The van der Waals surface area contributed by atoms with Crippen molar-refractivity contribution in [1.29, 1.82) is 0 Å². The maximum absolute atomic E-state index is 13.7. The molecule has 12 heteroatoms. The Morgan fingerprint density at radius 1 is 1.07 bits per heavy atom. The number of aryl methyl sites for hydroxylation is 1.